The van der Waals surface area contributed by atoms with Gasteiger partial charge in [-0.3, -0.25) is 9.78 Å². The van der Waals surface area contributed by atoms with Crippen LogP contribution >= 0.6 is 0 Å². The summed E-state index contributed by atoms with van der Waals surface area (Å²) in [5.74, 6) is 0.905. The topological polar surface area (TPSA) is 39.2 Å². The molecule has 0 radical (unpaired) electrons. The molecule has 1 aliphatic rings. The number of allylic oxidation sites excluding steroid dienone is 1. The molecule has 88 valence electrons. The van der Waals surface area contributed by atoms with E-state index in [0.717, 1.165) is 11.1 Å². The SMILES string of the molecule is Cc1ccc2c(c1)C(=O)/C(=C/c1cccnc1)O2. The van der Waals surface area contributed by atoms with Gasteiger partial charge in [-0.15, -0.1) is 0 Å². The fourth-order valence-electron chi connectivity index (χ4n) is 1.92. The third kappa shape index (κ3) is 1.80. The molecule has 3 rings (SSSR count). The number of hydrogen-bond donors (Lipinski definition) is 0. The number of benzene rings is 1. The maximum atomic E-state index is 12.1. The molecule has 0 N–H and O–H groups in total. The van der Waals surface area contributed by atoms with Crippen LogP contribution in [0.1, 0.15) is 21.5 Å². The van der Waals surface area contributed by atoms with Gasteiger partial charge >= 0.3 is 0 Å². The Hall–Kier alpha value is -2.42. The molecule has 3 heteroatoms. The number of ketones is 1. The summed E-state index contributed by atoms with van der Waals surface area (Å²) >= 11 is 0. The molecule has 0 atom stereocenters. The summed E-state index contributed by atoms with van der Waals surface area (Å²) < 4.78 is 5.56. The first-order valence-electron chi connectivity index (χ1n) is 5.69. The molecule has 0 spiro atoms. The highest BCUT2D eigenvalue weighted by Gasteiger charge is 2.26. The van der Waals surface area contributed by atoms with Gasteiger partial charge in [-0.2, -0.15) is 0 Å². The second kappa shape index (κ2) is 4.11. The van der Waals surface area contributed by atoms with E-state index in [4.69, 9.17) is 4.74 Å². The zero-order valence-electron chi connectivity index (χ0n) is 9.88. The molecular weight excluding hydrogens is 226 g/mol. The zero-order valence-corrected chi connectivity index (χ0v) is 9.88. The minimum atomic E-state index is -0.0717. The van der Waals surface area contributed by atoms with E-state index < -0.39 is 0 Å². The van der Waals surface area contributed by atoms with Gasteiger partial charge in [-0.05, 0) is 36.8 Å². The lowest BCUT2D eigenvalue weighted by molar-refractivity contribution is 0.101. The van der Waals surface area contributed by atoms with Crippen LogP contribution in [-0.4, -0.2) is 10.8 Å². The lowest BCUT2D eigenvalue weighted by atomic mass is 10.1. The van der Waals surface area contributed by atoms with E-state index >= 15 is 0 Å². The Kier molecular flexibility index (Phi) is 2.45. The number of fused-ring (bicyclic) bond motifs is 1. The summed E-state index contributed by atoms with van der Waals surface area (Å²) in [6.07, 6.45) is 5.10. The van der Waals surface area contributed by atoms with Crippen LogP contribution in [0.5, 0.6) is 5.75 Å². The van der Waals surface area contributed by atoms with E-state index in [2.05, 4.69) is 4.98 Å². The van der Waals surface area contributed by atoms with E-state index in [-0.39, 0.29) is 5.78 Å². The van der Waals surface area contributed by atoms with Gasteiger partial charge in [-0.25, -0.2) is 0 Å². The molecule has 0 saturated heterocycles. The lowest BCUT2D eigenvalue weighted by Crippen LogP contribution is -1.98. The molecule has 3 nitrogen and oxygen atoms in total. The molecular formula is C15H11NO2. The first-order valence-corrected chi connectivity index (χ1v) is 5.69. The van der Waals surface area contributed by atoms with Crippen LogP contribution in [0.4, 0.5) is 0 Å². The zero-order chi connectivity index (χ0) is 12.5. The van der Waals surface area contributed by atoms with Crippen molar-refractivity contribution in [3.63, 3.8) is 0 Å². The van der Waals surface area contributed by atoms with Gasteiger partial charge in [0.2, 0.25) is 5.78 Å². The highest BCUT2D eigenvalue weighted by Crippen LogP contribution is 2.32. The molecule has 2 heterocycles. The van der Waals surface area contributed by atoms with Crippen LogP contribution in [0.25, 0.3) is 6.08 Å². The number of pyridine rings is 1. The highest BCUT2D eigenvalue weighted by atomic mass is 16.5. The number of Topliss-reactive ketones (excluding diaryl/α,β-unsaturated/α-hetero) is 1. The Labute approximate surface area is 105 Å². The first kappa shape index (κ1) is 10.7. The Morgan fingerprint density at radius 1 is 1.28 bits per heavy atom. The average Bonchev–Trinajstić information content (AvgIpc) is 2.68. The predicted molar refractivity (Wildman–Crippen MR) is 68.4 cm³/mol. The number of ether oxygens (including phenoxy) is 1. The molecule has 1 aliphatic heterocycles. The monoisotopic (exact) mass is 237 g/mol. The molecule has 0 aliphatic carbocycles. The molecule has 1 aromatic carbocycles. The molecule has 18 heavy (non-hydrogen) atoms. The summed E-state index contributed by atoms with van der Waals surface area (Å²) in [5, 5.41) is 0. The van der Waals surface area contributed by atoms with Crippen molar-refractivity contribution in [2.75, 3.05) is 0 Å². The Morgan fingerprint density at radius 2 is 2.17 bits per heavy atom. The van der Waals surface area contributed by atoms with E-state index in [1.54, 1.807) is 18.5 Å². The van der Waals surface area contributed by atoms with Crippen molar-refractivity contribution in [3.8, 4) is 5.75 Å². The number of rotatable bonds is 1. The maximum Gasteiger partial charge on any atom is 0.231 e. The predicted octanol–water partition coefficient (Wildman–Crippen LogP) is 3.01. The standard InChI is InChI=1S/C15H11NO2/c1-10-4-5-13-12(7-10)15(17)14(18-13)8-11-3-2-6-16-9-11/h2-9H,1H3/b14-8-. The Bertz CT molecular complexity index is 645. The van der Waals surface area contributed by atoms with Crippen molar-refractivity contribution < 1.29 is 9.53 Å². The molecule has 0 amide bonds. The van der Waals surface area contributed by atoms with E-state index in [9.17, 15) is 4.79 Å². The first-order chi connectivity index (χ1) is 8.74. The van der Waals surface area contributed by atoms with Gasteiger partial charge in [0.1, 0.15) is 5.75 Å². The van der Waals surface area contributed by atoms with Gasteiger partial charge in [0.05, 0.1) is 5.56 Å². The van der Waals surface area contributed by atoms with Crippen molar-refractivity contribution in [2.24, 2.45) is 0 Å². The Morgan fingerprint density at radius 3 is 2.94 bits per heavy atom. The van der Waals surface area contributed by atoms with E-state index in [1.165, 1.54) is 0 Å². The molecule has 1 aromatic heterocycles. The third-order valence-corrected chi connectivity index (χ3v) is 2.81. The highest BCUT2D eigenvalue weighted by molar-refractivity contribution is 6.14. The number of hydrogen-bond acceptors (Lipinski definition) is 3. The van der Waals surface area contributed by atoms with Crippen molar-refractivity contribution in [1.29, 1.82) is 0 Å². The van der Waals surface area contributed by atoms with Gasteiger partial charge < -0.3 is 4.74 Å². The number of aromatic nitrogens is 1. The molecule has 0 fully saturated rings. The molecule has 0 unspecified atom stereocenters. The number of nitrogens with zero attached hydrogens (tertiary/aromatic N) is 1. The van der Waals surface area contributed by atoms with E-state index in [0.29, 0.717) is 17.1 Å². The lowest BCUT2D eigenvalue weighted by Gasteiger charge is -1.98. The van der Waals surface area contributed by atoms with Crippen LogP contribution in [0, 0.1) is 6.92 Å². The van der Waals surface area contributed by atoms with E-state index in [1.807, 2.05) is 37.3 Å². The second-order valence-corrected chi connectivity index (χ2v) is 4.23. The molecule has 2 aromatic rings. The largest absolute Gasteiger partial charge is 0.452 e. The quantitative estimate of drug-likeness (QED) is 0.716. The van der Waals surface area contributed by atoms with Crippen LogP contribution in [0.2, 0.25) is 0 Å². The maximum absolute atomic E-state index is 12.1. The van der Waals surface area contributed by atoms with Crippen LogP contribution < -0.4 is 4.74 Å². The van der Waals surface area contributed by atoms with Crippen LogP contribution in [0.3, 0.4) is 0 Å². The van der Waals surface area contributed by atoms with Crippen molar-refractivity contribution in [3.05, 3.63) is 65.2 Å². The Balaban J connectivity index is 2.00. The summed E-state index contributed by atoms with van der Waals surface area (Å²) in [4.78, 5) is 16.1. The third-order valence-electron chi connectivity index (χ3n) is 2.81. The normalized spacial score (nSPS) is 15.6. The summed E-state index contributed by atoms with van der Waals surface area (Å²) in [5.41, 5.74) is 2.53. The molecule has 0 bridgehead atoms. The summed E-state index contributed by atoms with van der Waals surface area (Å²) in [6, 6.07) is 9.31. The van der Waals surface area contributed by atoms with Crippen LogP contribution in [0.15, 0.2) is 48.5 Å². The van der Waals surface area contributed by atoms with Gasteiger partial charge in [0.25, 0.3) is 0 Å². The van der Waals surface area contributed by atoms with Gasteiger partial charge in [0, 0.05) is 12.4 Å². The minimum absolute atomic E-state index is 0.0717. The number of aryl methyl sites for hydroxylation is 1. The van der Waals surface area contributed by atoms with Gasteiger partial charge in [-0.1, -0.05) is 17.7 Å². The van der Waals surface area contributed by atoms with Gasteiger partial charge in [0.15, 0.2) is 5.76 Å². The number of carbonyl (C=O) groups excluding carboxylic acids is 1. The fraction of sp³-hybridized carbons (Fsp3) is 0.0667. The van der Waals surface area contributed by atoms with Crippen molar-refractivity contribution in [2.45, 2.75) is 6.92 Å². The second-order valence-electron chi connectivity index (χ2n) is 4.23. The summed E-state index contributed by atoms with van der Waals surface area (Å²) in [7, 11) is 0. The van der Waals surface area contributed by atoms with Crippen molar-refractivity contribution >= 4 is 11.9 Å². The average molecular weight is 237 g/mol. The smallest absolute Gasteiger partial charge is 0.231 e. The number of carbonyl (C=O) groups is 1. The minimum Gasteiger partial charge on any atom is -0.452 e. The van der Waals surface area contributed by atoms with Crippen LogP contribution in [-0.2, 0) is 0 Å². The molecule has 0 saturated carbocycles. The summed E-state index contributed by atoms with van der Waals surface area (Å²) in [6.45, 7) is 1.95. The van der Waals surface area contributed by atoms with Crippen molar-refractivity contribution in [1.82, 2.24) is 4.98 Å². The fourth-order valence-corrected chi connectivity index (χ4v) is 1.92.